The Morgan fingerprint density at radius 3 is 2.38 bits per heavy atom. The average molecular weight is 382 g/mol. The van der Waals surface area contributed by atoms with Gasteiger partial charge in [0, 0.05) is 18.3 Å². The molecule has 0 saturated heterocycles. The van der Waals surface area contributed by atoms with E-state index in [1.165, 1.54) is 0 Å². The summed E-state index contributed by atoms with van der Waals surface area (Å²) in [6.07, 6.45) is 1.96. The molecule has 1 heterocycles. The van der Waals surface area contributed by atoms with Crippen LogP contribution in [0.4, 0.5) is 17.2 Å². The molecule has 0 spiro atoms. The molecule has 0 aliphatic rings. The minimum atomic E-state index is -4.41. The number of rotatable bonds is 6. The molecule has 9 nitrogen and oxygen atoms in total. The maximum atomic E-state index is 9.22. The quantitative estimate of drug-likeness (QED) is 0.339. The summed E-state index contributed by atoms with van der Waals surface area (Å²) in [6, 6.07) is 11.6. The normalized spacial score (nSPS) is 11.1. The van der Waals surface area contributed by atoms with E-state index < -0.39 is 10.4 Å². The molecule has 10 heteroatoms. The number of nitrogens with zero attached hydrogens (tertiary/aromatic N) is 3. The fourth-order valence-electron chi connectivity index (χ4n) is 1.71. The molecule has 0 atom stereocenters. The summed E-state index contributed by atoms with van der Waals surface area (Å²) >= 11 is 0. The third-order valence-electron chi connectivity index (χ3n) is 3.06. The van der Waals surface area contributed by atoms with Gasteiger partial charge in [-0.3, -0.25) is 4.18 Å². The van der Waals surface area contributed by atoms with Crippen LogP contribution in [0.15, 0.2) is 52.8 Å². The van der Waals surface area contributed by atoms with Crippen molar-refractivity contribution in [3.63, 3.8) is 0 Å². The molecule has 0 bridgehead atoms. The fraction of sp³-hybridized carbons (Fsp3) is 0.312. The number of pyridine rings is 1. The van der Waals surface area contributed by atoms with Crippen molar-refractivity contribution < 1.29 is 26.8 Å². The second kappa shape index (κ2) is 10.6. The van der Waals surface area contributed by atoms with Gasteiger partial charge < -0.3 is 15.0 Å². The van der Waals surface area contributed by atoms with Crippen LogP contribution in [0.5, 0.6) is 0 Å². The van der Waals surface area contributed by atoms with E-state index in [0.29, 0.717) is 6.54 Å². The van der Waals surface area contributed by atoms with Gasteiger partial charge in [-0.25, -0.2) is 13.0 Å². The summed E-state index contributed by atoms with van der Waals surface area (Å²) in [6.45, 7) is 2.69. The van der Waals surface area contributed by atoms with Crippen LogP contribution >= 0.6 is 0 Å². The number of aryl methyl sites for hydroxylation is 2. The average Bonchev–Trinajstić information content (AvgIpc) is 2.61. The first-order valence-corrected chi connectivity index (χ1v) is 8.92. The highest BCUT2D eigenvalue weighted by molar-refractivity contribution is 7.80. The molecule has 1 aromatic carbocycles. The Hall–Kier alpha value is -2.40. The molecule has 0 amide bonds. The predicted molar refractivity (Wildman–Crippen MR) is 95.3 cm³/mol. The lowest BCUT2D eigenvalue weighted by atomic mass is 10.3. The number of hydrogen-bond donors (Lipinski definition) is 2. The predicted octanol–water partition coefficient (Wildman–Crippen LogP) is 1.73. The lowest BCUT2D eigenvalue weighted by Crippen LogP contribution is -2.27. The monoisotopic (exact) mass is 382 g/mol. The van der Waals surface area contributed by atoms with E-state index in [9.17, 15) is 13.0 Å². The lowest BCUT2D eigenvalue weighted by molar-refractivity contribution is -0.658. The lowest BCUT2D eigenvalue weighted by Gasteiger charge is -2.02. The van der Waals surface area contributed by atoms with Gasteiger partial charge in [0.15, 0.2) is 0 Å². The molecule has 0 fully saturated rings. The van der Waals surface area contributed by atoms with E-state index in [1.54, 1.807) is 0 Å². The van der Waals surface area contributed by atoms with Crippen molar-refractivity contribution in [2.75, 3.05) is 25.6 Å². The number of anilines is 1. The van der Waals surface area contributed by atoms with Gasteiger partial charge in [0.25, 0.3) is 0 Å². The molecule has 0 saturated carbocycles. The highest BCUT2D eigenvalue weighted by Crippen LogP contribution is 2.18. The SMILES string of the molecule is COS(=O)(=O)[O-].Cc1cc[n+](C)c(N=Nc2ccc(NCCO)cc2)c1. The molecule has 0 radical (unpaired) electrons. The first-order chi connectivity index (χ1) is 12.2. The zero-order chi connectivity index (χ0) is 19.6. The highest BCUT2D eigenvalue weighted by Gasteiger charge is 2.06. The van der Waals surface area contributed by atoms with Gasteiger partial charge in [0.1, 0.15) is 5.69 Å². The van der Waals surface area contributed by atoms with E-state index >= 15 is 0 Å². The maximum absolute atomic E-state index is 9.22. The Morgan fingerprint density at radius 2 is 1.85 bits per heavy atom. The summed E-state index contributed by atoms with van der Waals surface area (Å²) in [7, 11) is -1.66. The van der Waals surface area contributed by atoms with Gasteiger partial charge in [-0.1, -0.05) is 0 Å². The zero-order valence-corrected chi connectivity index (χ0v) is 15.6. The van der Waals surface area contributed by atoms with Crippen molar-refractivity contribution in [1.29, 1.82) is 0 Å². The molecular formula is C16H22N4O5S. The summed E-state index contributed by atoms with van der Waals surface area (Å²) in [5.74, 6) is 0.812. The molecule has 2 rings (SSSR count). The fourth-order valence-corrected chi connectivity index (χ4v) is 1.71. The number of hydrogen-bond acceptors (Lipinski definition) is 8. The van der Waals surface area contributed by atoms with Crippen molar-refractivity contribution in [1.82, 2.24) is 0 Å². The van der Waals surface area contributed by atoms with Crippen molar-refractivity contribution >= 4 is 27.6 Å². The van der Waals surface area contributed by atoms with Crippen molar-refractivity contribution in [2.45, 2.75) is 6.92 Å². The van der Waals surface area contributed by atoms with Gasteiger partial charge in [-0.2, -0.15) is 0 Å². The molecule has 2 N–H and O–H groups in total. The van der Waals surface area contributed by atoms with E-state index in [2.05, 4.69) is 19.7 Å². The van der Waals surface area contributed by atoms with Crippen LogP contribution < -0.4 is 9.88 Å². The molecule has 142 valence electrons. The summed E-state index contributed by atoms with van der Waals surface area (Å²) in [5, 5.41) is 20.3. The number of aromatic nitrogens is 1. The van der Waals surface area contributed by atoms with Gasteiger partial charge >= 0.3 is 5.82 Å². The third kappa shape index (κ3) is 8.62. The Labute approximate surface area is 152 Å². The maximum Gasteiger partial charge on any atom is 0.350 e. The van der Waals surface area contributed by atoms with Crippen LogP contribution in [-0.4, -0.2) is 38.3 Å². The number of azo groups is 1. The van der Waals surface area contributed by atoms with Gasteiger partial charge in [0.2, 0.25) is 10.4 Å². The smallest absolute Gasteiger partial charge is 0.350 e. The van der Waals surface area contributed by atoms with Crippen LogP contribution in [-0.2, 0) is 21.6 Å². The molecule has 0 unspecified atom stereocenters. The van der Waals surface area contributed by atoms with Crippen molar-refractivity contribution in [3.05, 3.63) is 48.2 Å². The Kier molecular flexibility index (Phi) is 8.79. The Balaban J connectivity index is 0.000000487. The van der Waals surface area contributed by atoms with Crippen molar-refractivity contribution in [3.8, 4) is 0 Å². The van der Waals surface area contributed by atoms with Gasteiger partial charge in [0.05, 0.1) is 32.1 Å². The standard InChI is InChI=1S/C15H18N4O.CH4O4S/c1-12-7-9-19(2)15(11-12)18-17-14-5-3-13(4-6-14)16-8-10-20;1-5-6(2,3)4/h3-7,9,11,20H,8,10H2,1-2H3;1H3,(H,2,3,4). The summed E-state index contributed by atoms with van der Waals surface area (Å²) in [5.41, 5.74) is 2.90. The van der Waals surface area contributed by atoms with Crippen LogP contribution in [0.1, 0.15) is 5.56 Å². The Morgan fingerprint density at radius 1 is 1.23 bits per heavy atom. The van der Waals surface area contributed by atoms with E-state index in [4.69, 9.17) is 5.11 Å². The minimum Gasteiger partial charge on any atom is -0.726 e. The van der Waals surface area contributed by atoms with E-state index in [-0.39, 0.29) is 6.61 Å². The first kappa shape index (κ1) is 21.6. The van der Waals surface area contributed by atoms with E-state index in [1.807, 2.05) is 61.1 Å². The molecule has 0 aliphatic heterocycles. The summed E-state index contributed by atoms with van der Waals surface area (Å²) in [4.78, 5) is 0. The number of aliphatic hydroxyl groups is 1. The molecule has 1 aromatic heterocycles. The van der Waals surface area contributed by atoms with E-state index in [0.717, 1.165) is 29.9 Å². The highest BCUT2D eigenvalue weighted by atomic mass is 32.3. The third-order valence-corrected chi connectivity index (χ3v) is 3.47. The number of aliphatic hydroxyl groups excluding tert-OH is 1. The minimum absolute atomic E-state index is 0.116. The van der Waals surface area contributed by atoms with Crippen LogP contribution in [0.25, 0.3) is 0 Å². The van der Waals surface area contributed by atoms with Crippen LogP contribution in [0, 0.1) is 6.92 Å². The topological polar surface area (TPSA) is 127 Å². The van der Waals surface area contributed by atoms with Crippen LogP contribution in [0.3, 0.4) is 0 Å². The molecular weight excluding hydrogens is 360 g/mol. The second-order valence-corrected chi connectivity index (χ2v) is 6.30. The summed E-state index contributed by atoms with van der Waals surface area (Å²) < 4.78 is 32.9. The zero-order valence-electron chi connectivity index (χ0n) is 14.8. The van der Waals surface area contributed by atoms with Crippen molar-refractivity contribution in [2.24, 2.45) is 17.3 Å². The van der Waals surface area contributed by atoms with Gasteiger partial charge in [-0.15, -0.1) is 0 Å². The Bertz CT molecular complexity index is 823. The molecule has 2 aromatic rings. The number of benzene rings is 1. The molecule has 26 heavy (non-hydrogen) atoms. The largest absolute Gasteiger partial charge is 0.726 e. The number of nitrogens with one attached hydrogen (secondary N) is 1. The molecule has 0 aliphatic carbocycles. The van der Waals surface area contributed by atoms with Gasteiger partial charge in [-0.05, 0) is 47.9 Å². The first-order valence-electron chi connectivity index (χ1n) is 7.59. The van der Waals surface area contributed by atoms with Crippen LogP contribution in [0.2, 0.25) is 0 Å². The second-order valence-electron chi connectivity index (χ2n) is 5.15.